The fraction of sp³-hybridized carbons (Fsp3) is 0.864. The van der Waals surface area contributed by atoms with Gasteiger partial charge >= 0.3 is 5.97 Å². The van der Waals surface area contributed by atoms with Gasteiger partial charge in [0.1, 0.15) is 11.6 Å². The fourth-order valence-corrected chi connectivity index (χ4v) is 3.89. The van der Waals surface area contributed by atoms with Crippen LogP contribution in [0.5, 0.6) is 0 Å². The van der Waals surface area contributed by atoms with Crippen LogP contribution in [0.15, 0.2) is 0 Å². The lowest BCUT2D eigenvalue weighted by atomic mass is 9.62. The molecule has 0 bridgehead atoms. The van der Waals surface area contributed by atoms with Crippen LogP contribution in [0.1, 0.15) is 86.5 Å². The van der Waals surface area contributed by atoms with Crippen LogP contribution in [-0.2, 0) is 19.1 Å². The van der Waals surface area contributed by atoms with E-state index in [1.807, 2.05) is 20.8 Å². The van der Waals surface area contributed by atoms with Gasteiger partial charge in [0.05, 0.1) is 12.0 Å². The van der Waals surface area contributed by atoms with Crippen LogP contribution in [0.2, 0.25) is 0 Å². The number of Topliss-reactive ketones (excluding diaryl/α,β-unsaturated/α-hetero) is 2. The molecule has 6 heteroatoms. The van der Waals surface area contributed by atoms with Gasteiger partial charge in [0, 0.05) is 36.9 Å². The molecule has 0 aliphatic carbocycles. The van der Waals surface area contributed by atoms with Crippen molar-refractivity contribution in [3.63, 3.8) is 0 Å². The minimum Gasteiger partial charge on any atom is -0.465 e. The van der Waals surface area contributed by atoms with Crippen LogP contribution in [-0.4, -0.2) is 47.6 Å². The number of aliphatic hydroxyl groups excluding tert-OH is 2. The quantitative estimate of drug-likeness (QED) is 0.322. The summed E-state index contributed by atoms with van der Waals surface area (Å²) < 4.78 is 5.50. The molecule has 0 aromatic rings. The predicted octanol–water partition coefficient (Wildman–Crippen LogP) is 3.46. The second-order valence-corrected chi connectivity index (χ2v) is 9.00. The van der Waals surface area contributed by atoms with E-state index in [4.69, 9.17) is 9.84 Å². The largest absolute Gasteiger partial charge is 0.465 e. The van der Waals surface area contributed by atoms with Crippen molar-refractivity contribution in [3.8, 4) is 0 Å². The zero-order chi connectivity index (χ0) is 22.0. The topological polar surface area (TPSA) is 101 Å². The van der Waals surface area contributed by atoms with Crippen molar-refractivity contribution in [2.75, 3.05) is 19.8 Å². The molecule has 0 aromatic carbocycles. The summed E-state index contributed by atoms with van der Waals surface area (Å²) in [6.07, 6.45) is 2.71. The zero-order valence-electron chi connectivity index (χ0n) is 18.6. The van der Waals surface area contributed by atoms with Gasteiger partial charge in [0.15, 0.2) is 0 Å². The molecule has 0 aliphatic heterocycles. The molecule has 28 heavy (non-hydrogen) atoms. The highest BCUT2D eigenvalue weighted by Crippen LogP contribution is 2.46. The van der Waals surface area contributed by atoms with E-state index in [0.717, 1.165) is 12.8 Å². The molecule has 0 heterocycles. The summed E-state index contributed by atoms with van der Waals surface area (Å²) in [6, 6.07) is 0. The van der Waals surface area contributed by atoms with E-state index in [0.29, 0.717) is 13.0 Å². The summed E-state index contributed by atoms with van der Waals surface area (Å²) in [7, 11) is 0. The van der Waals surface area contributed by atoms with Crippen molar-refractivity contribution in [2.24, 2.45) is 16.2 Å². The molecule has 0 spiro atoms. The van der Waals surface area contributed by atoms with E-state index < -0.39 is 22.2 Å². The molecule has 2 atom stereocenters. The molecular formula is C22H40O6. The minimum atomic E-state index is -1.03. The molecule has 2 N–H and O–H groups in total. The molecule has 2 unspecified atom stereocenters. The van der Waals surface area contributed by atoms with Crippen molar-refractivity contribution in [1.29, 1.82) is 0 Å². The second kappa shape index (κ2) is 11.7. The zero-order valence-corrected chi connectivity index (χ0v) is 18.6. The van der Waals surface area contributed by atoms with E-state index in [9.17, 15) is 19.5 Å². The first-order chi connectivity index (χ1) is 12.9. The number of ether oxygens (including phenoxy) is 1. The van der Waals surface area contributed by atoms with Crippen molar-refractivity contribution in [2.45, 2.75) is 86.5 Å². The van der Waals surface area contributed by atoms with E-state index in [2.05, 4.69) is 0 Å². The number of ketones is 2. The summed E-state index contributed by atoms with van der Waals surface area (Å²) >= 11 is 0. The van der Waals surface area contributed by atoms with E-state index in [-0.39, 0.29) is 50.5 Å². The smallest absolute Gasteiger partial charge is 0.311 e. The van der Waals surface area contributed by atoms with E-state index in [1.54, 1.807) is 20.8 Å². The number of aliphatic hydroxyl groups is 2. The van der Waals surface area contributed by atoms with Crippen molar-refractivity contribution >= 4 is 17.5 Å². The summed E-state index contributed by atoms with van der Waals surface area (Å²) in [4.78, 5) is 38.2. The molecule has 0 saturated heterocycles. The average molecular weight is 401 g/mol. The van der Waals surface area contributed by atoms with Gasteiger partial charge in [-0.3, -0.25) is 14.4 Å². The number of hydrogen-bond acceptors (Lipinski definition) is 6. The Hall–Kier alpha value is -1.27. The Bertz CT molecular complexity index is 527. The lowest BCUT2D eigenvalue weighted by molar-refractivity contribution is -0.161. The molecule has 0 rings (SSSR count). The number of esters is 1. The SMILES string of the molecule is CCCCOC(=O)C(C)(CC(C)(C)C(=O)CCO)CC(C)(CC)C(=O)CCO. The first kappa shape index (κ1) is 26.7. The maximum absolute atomic E-state index is 13.0. The van der Waals surface area contributed by atoms with Gasteiger partial charge in [-0.15, -0.1) is 0 Å². The summed E-state index contributed by atoms with van der Waals surface area (Å²) in [5.74, 6) is -0.616. The van der Waals surface area contributed by atoms with E-state index >= 15 is 0 Å². The number of hydrogen-bond donors (Lipinski definition) is 2. The van der Waals surface area contributed by atoms with E-state index in [1.165, 1.54) is 0 Å². The molecular weight excluding hydrogens is 360 g/mol. The van der Waals surface area contributed by atoms with Crippen molar-refractivity contribution in [1.82, 2.24) is 0 Å². The predicted molar refractivity (Wildman–Crippen MR) is 109 cm³/mol. The number of carbonyl (C=O) groups excluding carboxylic acids is 3. The highest BCUT2D eigenvalue weighted by atomic mass is 16.5. The first-order valence-electron chi connectivity index (χ1n) is 10.4. The number of unbranched alkanes of at least 4 members (excludes halogenated alkanes) is 1. The van der Waals surface area contributed by atoms with Gasteiger partial charge in [0.2, 0.25) is 0 Å². The van der Waals surface area contributed by atoms with Gasteiger partial charge in [-0.1, -0.05) is 41.0 Å². The normalized spacial score (nSPS) is 16.1. The Kier molecular flexibility index (Phi) is 11.1. The standard InChI is InChI=1S/C22H40O6/c1-7-9-14-28-19(27)22(6,15-20(3,4)17(25)10-12-23)16-21(5,8-2)18(26)11-13-24/h23-24H,7-16H2,1-6H3. The number of rotatable bonds is 15. The monoisotopic (exact) mass is 400 g/mol. The van der Waals surface area contributed by atoms with Crippen molar-refractivity contribution < 1.29 is 29.3 Å². The molecule has 0 aliphatic rings. The molecule has 0 radical (unpaired) electrons. The Balaban J connectivity index is 5.80. The highest BCUT2D eigenvalue weighted by molar-refractivity contribution is 5.87. The van der Waals surface area contributed by atoms with Crippen LogP contribution in [0.3, 0.4) is 0 Å². The van der Waals surface area contributed by atoms with Crippen LogP contribution < -0.4 is 0 Å². The minimum absolute atomic E-state index is 0.0302. The third-order valence-electron chi connectivity index (χ3n) is 5.72. The van der Waals surface area contributed by atoms with Gasteiger partial charge in [-0.2, -0.15) is 0 Å². The Labute approximate surface area is 170 Å². The Morgan fingerprint density at radius 1 is 0.821 bits per heavy atom. The third kappa shape index (κ3) is 7.63. The summed E-state index contributed by atoms with van der Waals surface area (Å²) in [6.45, 7) is 10.8. The highest BCUT2D eigenvalue weighted by Gasteiger charge is 2.48. The van der Waals surface area contributed by atoms with Crippen LogP contribution in [0.25, 0.3) is 0 Å². The number of carbonyl (C=O) groups is 3. The van der Waals surface area contributed by atoms with Crippen LogP contribution in [0.4, 0.5) is 0 Å². The van der Waals surface area contributed by atoms with Crippen LogP contribution >= 0.6 is 0 Å². The summed E-state index contributed by atoms with van der Waals surface area (Å²) in [5.41, 5.74) is -2.66. The summed E-state index contributed by atoms with van der Waals surface area (Å²) in [5, 5.41) is 18.3. The molecule has 0 aromatic heterocycles. The van der Waals surface area contributed by atoms with Gasteiger partial charge in [0.25, 0.3) is 0 Å². The molecule has 6 nitrogen and oxygen atoms in total. The lowest BCUT2D eigenvalue weighted by Crippen LogP contribution is -2.43. The molecule has 164 valence electrons. The second-order valence-electron chi connectivity index (χ2n) is 9.00. The molecule has 0 amide bonds. The maximum Gasteiger partial charge on any atom is 0.311 e. The lowest BCUT2D eigenvalue weighted by Gasteiger charge is -2.40. The maximum atomic E-state index is 13.0. The molecule has 0 saturated carbocycles. The third-order valence-corrected chi connectivity index (χ3v) is 5.72. The van der Waals surface area contributed by atoms with Gasteiger partial charge < -0.3 is 14.9 Å². The first-order valence-corrected chi connectivity index (χ1v) is 10.4. The average Bonchev–Trinajstić information content (AvgIpc) is 2.61. The fourth-order valence-electron chi connectivity index (χ4n) is 3.89. The van der Waals surface area contributed by atoms with Crippen LogP contribution in [0, 0.1) is 16.2 Å². The molecule has 0 fully saturated rings. The van der Waals surface area contributed by atoms with Gasteiger partial charge in [-0.25, -0.2) is 0 Å². The Morgan fingerprint density at radius 3 is 1.82 bits per heavy atom. The van der Waals surface area contributed by atoms with Gasteiger partial charge in [-0.05, 0) is 32.6 Å². The Morgan fingerprint density at radius 2 is 1.36 bits per heavy atom. The van der Waals surface area contributed by atoms with Crippen molar-refractivity contribution in [3.05, 3.63) is 0 Å².